The third-order valence-electron chi connectivity index (χ3n) is 4.50. The van der Waals surface area contributed by atoms with Crippen LogP contribution >= 0.6 is 0 Å². The van der Waals surface area contributed by atoms with Gasteiger partial charge in [0.25, 0.3) is 5.91 Å². The zero-order chi connectivity index (χ0) is 16.1. The lowest BCUT2D eigenvalue weighted by Gasteiger charge is -2.30. The Bertz CT molecular complexity index is 670. The first-order valence-corrected chi connectivity index (χ1v) is 7.70. The summed E-state index contributed by atoms with van der Waals surface area (Å²) in [6.07, 6.45) is 1.38. The Labute approximate surface area is 131 Å². The molecule has 1 fully saturated rings. The number of fused-ring (bicyclic) bond motifs is 1. The normalized spacial score (nSPS) is 21.9. The third kappa shape index (κ3) is 2.43. The van der Waals surface area contributed by atoms with Gasteiger partial charge >= 0.3 is 0 Å². The van der Waals surface area contributed by atoms with E-state index in [9.17, 15) is 9.59 Å². The van der Waals surface area contributed by atoms with Gasteiger partial charge in [-0.2, -0.15) is 0 Å². The molecule has 1 aromatic carbocycles. The summed E-state index contributed by atoms with van der Waals surface area (Å²) in [4.78, 5) is 26.4. The molecule has 1 aromatic rings. The van der Waals surface area contributed by atoms with Gasteiger partial charge in [0.15, 0.2) is 0 Å². The number of rotatable bonds is 1. The summed E-state index contributed by atoms with van der Waals surface area (Å²) in [6.45, 7) is 10.8. The lowest BCUT2D eigenvalue weighted by atomic mass is 9.85. The van der Waals surface area contributed by atoms with Crippen molar-refractivity contribution in [2.24, 2.45) is 0 Å². The summed E-state index contributed by atoms with van der Waals surface area (Å²) in [5.41, 5.74) is 3.74. The number of nitrogens with one attached hydrogen (secondary N) is 1. The van der Waals surface area contributed by atoms with Crippen molar-refractivity contribution in [3.63, 3.8) is 0 Å². The van der Waals surface area contributed by atoms with Crippen LogP contribution < -0.4 is 5.32 Å². The number of nitrogens with zero attached hydrogens (tertiary/aromatic N) is 1. The smallest absolute Gasteiger partial charge is 0.255 e. The average molecular weight is 298 g/mol. The largest absolute Gasteiger partial charge is 0.329 e. The fourth-order valence-electron chi connectivity index (χ4n) is 3.12. The highest BCUT2D eigenvalue weighted by Crippen LogP contribution is 2.32. The van der Waals surface area contributed by atoms with Crippen molar-refractivity contribution in [2.45, 2.75) is 51.6 Å². The Morgan fingerprint density at radius 1 is 1.27 bits per heavy atom. The molecule has 2 amide bonds. The second kappa shape index (κ2) is 4.97. The molecule has 2 aliphatic heterocycles. The maximum absolute atomic E-state index is 12.6. The zero-order valence-electron chi connectivity index (χ0n) is 13.4. The molecule has 3 rings (SSSR count). The van der Waals surface area contributed by atoms with Crippen molar-refractivity contribution >= 4 is 11.8 Å². The van der Waals surface area contributed by atoms with E-state index in [1.165, 1.54) is 5.56 Å². The van der Waals surface area contributed by atoms with Crippen molar-refractivity contribution in [1.29, 1.82) is 0 Å². The minimum Gasteiger partial charge on any atom is -0.329 e. The Kier molecular flexibility index (Phi) is 3.35. The lowest BCUT2D eigenvalue weighted by molar-refractivity contribution is -0.126. The predicted octanol–water partition coefficient (Wildman–Crippen LogP) is 2.73. The van der Waals surface area contributed by atoms with Crippen LogP contribution in [0.3, 0.4) is 0 Å². The molecule has 2 aliphatic rings. The number of benzene rings is 1. The summed E-state index contributed by atoms with van der Waals surface area (Å²) in [5.74, 6) is -0.156. The molecule has 4 nitrogen and oxygen atoms in total. The number of piperidine rings is 1. The Balaban J connectivity index is 1.88. The molecule has 2 heterocycles. The van der Waals surface area contributed by atoms with E-state index in [2.05, 4.69) is 38.7 Å². The van der Waals surface area contributed by atoms with E-state index in [1.54, 1.807) is 4.90 Å². The number of hydrogen-bond donors (Lipinski definition) is 1. The Morgan fingerprint density at radius 2 is 2.00 bits per heavy atom. The van der Waals surface area contributed by atoms with Gasteiger partial charge in [0.05, 0.1) is 0 Å². The molecule has 1 N–H and O–H groups in total. The minimum absolute atomic E-state index is 0.0388. The second-order valence-electron chi connectivity index (χ2n) is 7.20. The predicted molar refractivity (Wildman–Crippen MR) is 85.3 cm³/mol. The lowest BCUT2D eigenvalue weighted by Crippen LogP contribution is -2.49. The zero-order valence-corrected chi connectivity index (χ0v) is 13.4. The quantitative estimate of drug-likeness (QED) is 0.866. The first-order valence-electron chi connectivity index (χ1n) is 7.70. The van der Waals surface area contributed by atoms with Gasteiger partial charge in [0.2, 0.25) is 5.91 Å². The van der Waals surface area contributed by atoms with Crippen molar-refractivity contribution in [1.82, 2.24) is 10.2 Å². The highest BCUT2D eigenvalue weighted by Gasteiger charge is 2.38. The SMILES string of the molecule is C=C1CC[C@H](N2Cc3cc(C(C)(C)C)ccc3C2=O)C(=O)N1. The third-order valence-corrected chi connectivity index (χ3v) is 4.50. The van der Waals surface area contributed by atoms with E-state index in [4.69, 9.17) is 0 Å². The van der Waals surface area contributed by atoms with E-state index >= 15 is 0 Å². The highest BCUT2D eigenvalue weighted by molar-refractivity contribution is 6.01. The summed E-state index contributed by atoms with van der Waals surface area (Å²) < 4.78 is 0. The number of carbonyl (C=O) groups excluding carboxylic acids is 2. The van der Waals surface area contributed by atoms with Gasteiger partial charge in [0.1, 0.15) is 6.04 Å². The molecule has 0 saturated carbocycles. The fourth-order valence-corrected chi connectivity index (χ4v) is 3.12. The monoisotopic (exact) mass is 298 g/mol. The van der Waals surface area contributed by atoms with Crippen LogP contribution in [0.1, 0.15) is 55.1 Å². The molecule has 0 aliphatic carbocycles. The van der Waals surface area contributed by atoms with Crippen molar-refractivity contribution in [2.75, 3.05) is 0 Å². The highest BCUT2D eigenvalue weighted by atomic mass is 16.2. The van der Waals surface area contributed by atoms with Gasteiger partial charge in [-0.15, -0.1) is 0 Å². The van der Waals surface area contributed by atoms with Crippen molar-refractivity contribution < 1.29 is 9.59 Å². The molecule has 0 unspecified atom stereocenters. The Morgan fingerprint density at radius 3 is 2.64 bits per heavy atom. The number of carbonyl (C=O) groups is 2. The fraction of sp³-hybridized carbons (Fsp3) is 0.444. The molecule has 1 saturated heterocycles. The maximum atomic E-state index is 12.6. The van der Waals surface area contributed by atoms with Crippen LogP contribution in [0.25, 0.3) is 0 Å². The van der Waals surface area contributed by atoms with E-state index in [0.29, 0.717) is 13.0 Å². The molecule has 1 atom stereocenters. The molecule has 0 bridgehead atoms. The summed E-state index contributed by atoms with van der Waals surface area (Å²) in [6, 6.07) is 5.64. The van der Waals surface area contributed by atoms with Crippen molar-refractivity contribution in [3.8, 4) is 0 Å². The second-order valence-corrected chi connectivity index (χ2v) is 7.20. The van der Waals surface area contributed by atoms with Crippen molar-refractivity contribution in [3.05, 3.63) is 47.2 Å². The molecular formula is C18H22N2O2. The van der Waals surface area contributed by atoms with E-state index in [0.717, 1.165) is 23.2 Å². The molecule has 4 heteroatoms. The number of amides is 2. The molecule has 22 heavy (non-hydrogen) atoms. The minimum atomic E-state index is -0.386. The van der Waals surface area contributed by atoms with E-state index in [1.807, 2.05) is 12.1 Å². The van der Waals surface area contributed by atoms with Gasteiger partial charge < -0.3 is 10.2 Å². The van der Waals surface area contributed by atoms with E-state index in [-0.39, 0.29) is 23.3 Å². The van der Waals surface area contributed by atoms with Crippen LogP contribution in [0.15, 0.2) is 30.5 Å². The summed E-state index contributed by atoms with van der Waals surface area (Å²) >= 11 is 0. The Hall–Kier alpha value is -2.10. The first-order chi connectivity index (χ1) is 10.3. The first kappa shape index (κ1) is 14.8. The molecule has 0 spiro atoms. The molecular weight excluding hydrogens is 276 g/mol. The van der Waals surface area contributed by atoms with Gasteiger partial charge in [0, 0.05) is 17.8 Å². The number of hydrogen-bond acceptors (Lipinski definition) is 2. The van der Waals surface area contributed by atoms with E-state index < -0.39 is 0 Å². The summed E-state index contributed by atoms with van der Waals surface area (Å²) in [5, 5.41) is 2.76. The van der Waals surface area contributed by atoms with Gasteiger partial charge in [-0.05, 0) is 35.4 Å². The van der Waals surface area contributed by atoms with Crippen LogP contribution in [0.2, 0.25) is 0 Å². The van der Waals surface area contributed by atoms with Crippen LogP contribution in [0, 0.1) is 0 Å². The average Bonchev–Trinajstić information content (AvgIpc) is 2.75. The number of allylic oxidation sites excluding steroid dienone is 1. The van der Waals surface area contributed by atoms with Crippen LogP contribution in [-0.4, -0.2) is 22.8 Å². The summed E-state index contributed by atoms with van der Waals surface area (Å²) in [7, 11) is 0. The van der Waals surface area contributed by atoms with Crippen LogP contribution in [-0.2, 0) is 16.8 Å². The van der Waals surface area contributed by atoms with Gasteiger partial charge in [-0.25, -0.2) is 0 Å². The van der Waals surface area contributed by atoms with Crippen LogP contribution in [0.5, 0.6) is 0 Å². The van der Waals surface area contributed by atoms with Gasteiger partial charge in [-0.3, -0.25) is 9.59 Å². The topological polar surface area (TPSA) is 49.4 Å². The van der Waals surface area contributed by atoms with Gasteiger partial charge in [-0.1, -0.05) is 39.5 Å². The standard InChI is InChI=1S/C18H22N2O2/c1-11-5-8-15(16(21)19-11)20-10-12-9-13(18(2,3)4)6-7-14(12)17(20)22/h6-7,9,15H,1,5,8,10H2,2-4H3,(H,19,21)/t15-/m0/s1. The maximum Gasteiger partial charge on any atom is 0.255 e. The molecule has 116 valence electrons. The van der Waals surface area contributed by atoms with Crippen LogP contribution in [0.4, 0.5) is 0 Å². The molecule has 0 radical (unpaired) electrons. The molecule has 0 aromatic heterocycles.